The molecule has 1 atom stereocenters. The summed E-state index contributed by atoms with van der Waals surface area (Å²) in [6.07, 6.45) is 0. The predicted octanol–water partition coefficient (Wildman–Crippen LogP) is 3.36. The SMILES string of the molecule is COc1ccccc1C(C)Nc1ccc(CO)cc1. The van der Waals surface area contributed by atoms with E-state index in [4.69, 9.17) is 9.84 Å². The normalized spacial score (nSPS) is 11.9. The Balaban J connectivity index is 2.13. The van der Waals surface area contributed by atoms with Gasteiger partial charge in [0, 0.05) is 11.3 Å². The summed E-state index contributed by atoms with van der Waals surface area (Å²) in [5, 5.41) is 12.4. The highest BCUT2D eigenvalue weighted by Gasteiger charge is 2.10. The Labute approximate surface area is 113 Å². The van der Waals surface area contributed by atoms with Gasteiger partial charge in [-0.2, -0.15) is 0 Å². The van der Waals surface area contributed by atoms with E-state index in [9.17, 15) is 0 Å². The van der Waals surface area contributed by atoms with E-state index < -0.39 is 0 Å². The molecular formula is C16H19NO2. The van der Waals surface area contributed by atoms with E-state index >= 15 is 0 Å². The number of anilines is 1. The zero-order chi connectivity index (χ0) is 13.7. The van der Waals surface area contributed by atoms with Crippen LogP contribution in [0.25, 0.3) is 0 Å². The van der Waals surface area contributed by atoms with Crippen LogP contribution in [0.2, 0.25) is 0 Å². The molecule has 3 nitrogen and oxygen atoms in total. The van der Waals surface area contributed by atoms with Crippen LogP contribution in [0.1, 0.15) is 24.1 Å². The van der Waals surface area contributed by atoms with Crippen molar-refractivity contribution >= 4 is 5.69 Å². The lowest BCUT2D eigenvalue weighted by atomic mass is 10.1. The Morgan fingerprint density at radius 1 is 1.11 bits per heavy atom. The second-order valence-electron chi connectivity index (χ2n) is 4.46. The summed E-state index contributed by atoms with van der Waals surface area (Å²) < 4.78 is 5.37. The van der Waals surface area contributed by atoms with Crippen molar-refractivity contribution in [2.75, 3.05) is 12.4 Å². The third-order valence-corrected chi connectivity index (χ3v) is 3.13. The number of hydrogen-bond acceptors (Lipinski definition) is 3. The van der Waals surface area contributed by atoms with Crippen molar-refractivity contribution in [3.05, 3.63) is 59.7 Å². The highest BCUT2D eigenvalue weighted by Crippen LogP contribution is 2.27. The van der Waals surface area contributed by atoms with Crippen molar-refractivity contribution in [3.63, 3.8) is 0 Å². The van der Waals surface area contributed by atoms with Gasteiger partial charge in [0.25, 0.3) is 0 Å². The molecule has 2 rings (SSSR count). The average molecular weight is 257 g/mol. The molecule has 0 bridgehead atoms. The standard InChI is InChI=1S/C16H19NO2/c1-12(15-5-3-4-6-16(15)19-2)17-14-9-7-13(11-18)8-10-14/h3-10,12,17-18H,11H2,1-2H3. The molecule has 0 aliphatic heterocycles. The van der Waals surface area contributed by atoms with Crippen LogP contribution < -0.4 is 10.1 Å². The molecule has 0 saturated carbocycles. The summed E-state index contributed by atoms with van der Waals surface area (Å²) in [5.41, 5.74) is 3.06. The first-order chi connectivity index (χ1) is 9.24. The van der Waals surface area contributed by atoms with Crippen LogP contribution in [0.3, 0.4) is 0 Å². The van der Waals surface area contributed by atoms with Gasteiger partial charge in [0.1, 0.15) is 5.75 Å². The molecule has 0 aliphatic carbocycles. The van der Waals surface area contributed by atoms with Gasteiger partial charge in [0.15, 0.2) is 0 Å². The number of methoxy groups -OCH3 is 1. The van der Waals surface area contributed by atoms with E-state index in [1.807, 2.05) is 42.5 Å². The Morgan fingerprint density at radius 2 is 1.79 bits per heavy atom. The van der Waals surface area contributed by atoms with Gasteiger partial charge in [-0.1, -0.05) is 30.3 Å². The number of benzene rings is 2. The first-order valence-electron chi connectivity index (χ1n) is 6.34. The molecule has 0 saturated heterocycles. The van der Waals surface area contributed by atoms with Crippen molar-refractivity contribution in [2.24, 2.45) is 0 Å². The minimum atomic E-state index is 0.0718. The van der Waals surface area contributed by atoms with Crippen LogP contribution in [0, 0.1) is 0 Å². The third-order valence-electron chi connectivity index (χ3n) is 3.13. The first-order valence-corrected chi connectivity index (χ1v) is 6.34. The van der Waals surface area contributed by atoms with Gasteiger partial charge >= 0.3 is 0 Å². The number of hydrogen-bond donors (Lipinski definition) is 2. The van der Waals surface area contributed by atoms with Crippen LogP contribution >= 0.6 is 0 Å². The van der Waals surface area contributed by atoms with Crippen molar-refractivity contribution in [2.45, 2.75) is 19.6 Å². The second kappa shape index (κ2) is 6.25. The predicted molar refractivity (Wildman–Crippen MR) is 77.4 cm³/mol. The molecule has 0 fully saturated rings. The van der Waals surface area contributed by atoms with E-state index in [-0.39, 0.29) is 12.6 Å². The maximum absolute atomic E-state index is 9.02. The fourth-order valence-electron chi connectivity index (χ4n) is 2.06. The van der Waals surface area contributed by atoms with Gasteiger partial charge in [0.05, 0.1) is 19.8 Å². The van der Waals surface area contributed by atoms with E-state index in [0.717, 1.165) is 22.6 Å². The highest BCUT2D eigenvalue weighted by atomic mass is 16.5. The van der Waals surface area contributed by atoms with Crippen LogP contribution in [0.5, 0.6) is 5.75 Å². The molecule has 0 amide bonds. The van der Waals surface area contributed by atoms with Crippen LogP contribution in [0.4, 0.5) is 5.69 Å². The topological polar surface area (TPSA) is 41.5 Å². The quantitative estimate of drug-likeness (QED) is 0.863. The summed E-state index contributed by atoms with van der Waals surface area (Å²) in [6.45, 7) is 2.17. The van der Waals surface area contributed by atoms with E-state index in [1.165, 1.54) is 0 Å². The number of aliphatic hydroxyl groups is 1. The number of para-hydroxylation sites is 1. The molecule has 0 heterocycles. The van der Waals surface area contributed by atoms with Crippen molar-refractivity contribution in [3.8, 4) is 5.75 Å². The minimum absolute atomic E-state index is 0.0718. The molecule has 2 N–H and O–H groups in total. The Hall–Kier alpha value is -2.00. The lowest BCUT2D eigenvalue weighted by Crippen LogP contribution is -2.08. The molecule has 0 spiro atoms. The van der Waals surface area contributed by atoms with E-state index in [2.05, 4.69) is 18.3 Å². The Bertz CT molecular complexity index is 523. The fraction of sp³-hybridized carbons (Fsp3) is 0.250. The molecule has 100 valence electrons. The molecule has 2 aromatic rings. The zero-order valence-electron chi connectivity index (χ0n) is 11.3. The summed E-state index contributed by atoms with van der Waals surface area (Å²) >= 11 is 0. The summed E-state index contributed by atoms with van der Waals surface area (Å²) in [4.78, 5) is 0. The number of aliphatic hydroxyl groups excluding tert-OH is 1. The van der Waals surface area contributed by atoms with Crippen LogP contribution in [-0.4, -0.2) is 12.2 Å². The van der Waals surface area contributed by atoms with E-state index in [0.29, 0.717) is 0 Å². The number of rotatable bonds is 5. The summed E-state index contributed by atoms with van der Waals surface area (Å²) in [6, 6.07) is 15.9. The monoisotopic (exact) mass is 257 g/mol. The van der Waals surface area contributed by atoms with Crippen LogP contribution in [0.15, 0.2) is 48.5 Å². The fourth-order valence-corrected chi connectivity index (χ4v) is 2.06. The highest BCUT2D eigenvalue weighted by molar-refractivity contribution is 5.48. The van der Waals surface area contributed by atoms with Crippen molar-refractivity contribution in [1.29, 1.82) is 0 Å². The third kappa shape index (κ3) is 3.26. The second-order valence-corrected chi connectivity index (χ2v) is 4.46. The zero-order valence-corrected chi connectivity index (χ0v) is 11.3. The maximum atomic E-state index is 9.02. The minimum Gasteiger partial charge on any atom is -0.496 e. The lowest BCUT2D eigenvalue weighted by Gasteiger charge is -2.18. The Kier molecular flexibility index (Phi) is 4.42. The molecule has 1 unspecified atom stereocenters. The Morgan fingerprint density at radius 3 is 2.42 bits per heavy atom. The van der Waals surface area contributed by atoms with Gasteiger partial charge in [0.2, 0.25) is 0 Å². The summed E-state index contributed by atoms with van der Waals surface area (Å²) in [7, 11) is 1.68. The number of ether oxygens (including phenoxy) is 1. The molecule has 3 heteroatoms. The lowest BCUT2D eigenvalue weighted by molar-refractivity contribution is 0.282. The van der Waals surface area contributed by atoms with Crippen LogP contribution in [-0.2, 0) is 6.61 Å². The largest absolute Gasteiger partial charge is 0.496 e. The van der Waals surface area contributed by atoms with E-state index in [1.54, 1.807) is 7.11 Å². The maximum Gasteiger partial charge on any atom is 0.124 e. The van der Waals surface area contributed by atoms with Gasteiger partial charge in [-0.15, -0.1) is 0 Å². The van der Waals surface area contributed by atoms with Gasteiger partial charge < -0.3 is 15.2 Å². The molecule has 19 heavy (non-hydrogen) atoms. The van der Waals surface area contributed by atoms with Crippen molar-refractivity contribution < 1.29 is 9.84 Å². The molecule has 0 aromatic heterocycles. The van der Waals surface area contributed by atoms with Gasteiger partial charge in [-0.25, -0.2) is 0 Å². The van der Waals surface area contributed by atoms with Crippen molar-refractivity contribution in [1.82, 2.24) is 0 Å². The molecule has 0 radical (unpaired) electrons. The number of nitrogens with one attached hydrogen (secondary N) is 1. The summed E-state index contributed by atoms with van der Waals surface area (Å²) in [5.74, 6) is 0.884. The molecular weight excluding hydrogens is 238 g/mol. The molecule has 2 aromatic carbocycles. The molecule has 0 aliphatic rings. The first kappa shape index (κ1) is 13.4. The van der Waals surface area contributed by atoms with Gasteiger partial charge in [-0.05, 0) is 30.7 Å². The average Bonchev–Trinajstić information content (AvgIpc) is 2.48. The smallest absolute Gasteiger partial charge is 0.124 e. The van der Waals surface area contributed by atoms with Gasteiger partial charge in [-0.3, -0.25) is 0 Å².